The van der Waals surface area contributed by atoms with E-state index in [1.807, 2.05) is 6.92 Å². The van der Waals surface area contributed by atoms with E-state index >= 15 is 0 Å². The number of hydrogen-bond acceptors (Lipinski definition) is 4. The van der Waals surface area contributed by atoms with E-state index in [2.05, 4.69) is 10.6 Å². The lowest BCUT2D eigenvalue weighted by Crippen LogP contribution is -2.52. The quantitative estimate of drug-likeness (QED) is 0.661. The molecule has 20 heavy (non-hydrogen) atoms. The number of amides is 1. The van der Waals surface area contributed by atoms with Gasteiger partial charge in [-0.1, -0.05) is 17.7 Å². The van der Waals surface area contributed by atoms with Crippen LogP contribution in [0, 0.1) is 10.1 Å². The number of piperidine rings is 1. The van der Waals surface area contributed by atoms with Gasteiger partial charge in [-0.05, 0) is 32.4 Å². The fourth-order valence-electron chi connectivity index (χ4n) is 2.37. The van der Waals surface area contributed by atoms with Crippen molar-refractivity contribution >= 4 is 23.2 Å². The number of nitrogens with zero attached hydrogens (tertiary/aromatic N) is 1. The maximum Gasteiger partial charge on any atom is 0.283 e. The van der Waals surface area contributed by atoms with Gasteiger partial charge in [-0.2, -0.15) is 0 Å². The zero-order valence-corrected chi connectivity index (χ0v) is 11.8. The number of hydrogen-bond donors (Lipinski definition) is 2. The summed E-state index contributed by atoms with van der Waals surface area (Å²) in [5.41, 5.74) is -0.344. The summed E-state index contributed by atoms with van der Waals surface area (Å²) < 4.78 is 0. The topological polar surface area (TPSA) is 84.3 Å². The van der Waals surface area contributed by atoms with E-state index in [-0.39, 0.29) is 28.4 Å². The molecule has 1 saturated heterocycles. The SMILES string of the molecule is CC1NCCCC1NC(=O)c1c(Cl)cccc1[N+](=O)[O-]. The molecule has 0 radical (unpaired) electrons. The molecule has 7 heteroatoms. The van der Waals surface area contributed by atoms with Gasteiger partial charge in [0.05, 0.1) is 9.95 Å². The summed E-state index contributed by atoms with van der Waals surface area (Å²) in [4.78, 5) is 22.7. The number of carbonyl (C=O) groups is 1. The predicted octanol–water partition coefficient (Wildman–Crippen LogP) is 2.12. The average Bonchev–Trinajstić information content (AvgIpc) is 2.40. The summed E-state index contributed by atoms with van der Waals surface area (Å²) in [5, 5.41) is 17.2. The smallest absolute Gasteiger partial charge is 0.283 e. The van der Waals surface area contributed by atoms with Gasteiger partial charge in [0.2, 0.25) is 0 Å². The highest BCUT2D eigenvalue weighted by atomic mass is 35.5. The number of carbonyl (C=O) groups excluding carboxylic acids is 1. The minimum Gasteiger partial charge on any atom is -0.347 e. The van der Waals surface area contributed by atoms with Crippen LogP contribution in [0.5, 0.6) is 0 Å². The summed E-state index contributed by atoms with van der Waals surface area (Å²) in [6.07, 6.45) is 1.80. The Morgan fingerprint density at radius 3 is 2.95 bits per heavy atom. The van der Waals surface area contributed by atoms with Crippen molar-refractivity contribution in [1.82, 2.24) is 10.6 Å². The molecule has 2 rings (SSSR count). The van der Waals surface area contributed by atoms with Gasteiger partial charge in [0, 0.05) is 18.2 Å². The van der Waals surface area contributed by atoms with Crippen LogP contribution in [0.15, 0.2) is 18.2 Å². The van der Waals surface area contributed by atoms with E-state index in [0.717, 1.165) is 19.4 Å². The highest BCUT2D eigenvalue weighted by molar-refractivity contribution is 6.34. The summed E-state index contributed by atoms with van der Waals surface area (Å²) in [7, 11) is 0. The molecule has 1 aromatic rings. The lowest BCUT2D eigenvalue weighted by Gasteiger charge is -2.30. The third-order valence-electron chi connectivity index (χ3n) is 3.49. The molecule has 1 heterocycles. The Labute approximate surface area is 121 Å². The molecule has 1 aromatic carbocycles. The lowest BCUT2D eigenvalue weighted by molar-refractivity contribution is -0.385. The van der Waals surface area contributed by atoms with Crippen LogP contribution in [0.3, 0.4) is 0 Å². The van der Waals surface area contributed by atoms with E-state index in [1.165, 1.54) is 18.2 Å². The second-order valence-electron chi connectivity index (χ2n) is 4.86. The highest BCUT2D eigenvalue weighted by Gasteiger charge is 2.28. The van der Waals surface area contributed by atoms with Crippen LogP contribution in [-0.4, -0.2) is 29.5 Å². The summed E-state index contributed by atoms with van der Waals surface area (Å²) in [6, 6.07) is 4.30. The standard InChI is InChI=1S/C13H16ClN3O3/c1-8-10(5-3-7-15-8)16-13(18)12-9(14)4-2-6-11(12)17(19)20/h2,4,6,8,10,15H,3,5,7H2,1H3,(H,16,18). The Bertz CT molecular complexity index is 536. The van der Waals surface area contributed by atoms with Crippen molar-refractivity contribution in [1.29, 1.82) is 0 Å². The molecule has 1 amide bonds. The molecule has 2 atom stereocenters. The molecular formula is C13H16ClN3O3. The third kappa shape index (κ3) is 3.08. The zero-order chi connectivity index (χ0) is 14.7. The molecule has 2 N–H and O–H groups in total. The highest BCUT2D eigenvalue weighted by Crippen LogP contribution is 2.26. The summed E-state index contributed by atoms with van der Waals surface area (Å²) in [6.45, 7) is 2.89. The van der Waals surface area contributed by atoms with Crippen LogP contribution in [0.2, 0.25) is 5.02 Å². The maximum absolute atomic E-state index is 12.3. The first-order chi connectivity index (χ1) is 9.50. The van der Waals surface area contributed by atoms with Crippen LogP contribution >= 0.6 is 11.6 Å². The molecule has 6 nitrogen and oxygen atoms in total. The maximum atomic E-state index is 12.3. The zero-order valence-electron chi connectivity index (χ0n) is 11.1. The first-order valence-electron chi connectivity index (χ1n) is 6.48. The van der Waals surface area contributed by atoms with Gasteiger partial charge in [-0.25, -0.2) is 0 Å². The first-order valence-corrected chi connectivity index (χ1v) is 6.85. The van der Waals surface area contributed by atoms with Crippen LogP contribution in [0.1, 0.15) is 30.1 Å². The second kappa shape index (κ2) is 6.19. The fraction of sp³-hybridized carbons (Fsp3) is 0.462. The van der Waals surface area contributed by atoms with Crippen molar-refractivity contribution in [3.63, 3.8) is 0 Å². The van der Waals surface area contributed by atoms with E-state index in [9.17, 15) is 14.9 Å². The van der Waals surface area contributed by atoms with Gasteiger partial charge >= 0.3 is 0 Å². The van der Waals surface area contributed by atoms with Crippen molar-refractivity contribution in [2.75, 3.05) is 6.54 Å². The molecule has 0 aliphatic carbocycles. The van der Waals surface area contributed by atoms with Crippen molar-refractivity contribution in [2.45, 2.75) is 31.8 Å². The van der Waals surface area contributed by atoms with Gasteiger partial charge in [-0.3, -0.25) is 14.9 Å². The molecule has 1 aliphatic rings. The van der Waals surface area contributed by atoms with Gasteiger partial charge in [0.25, 0.3) is 11.6 Å². The fourth-order valence-corrected chi connectivity index (χ4v) is 2.63. The Morgan fingerprint density at radius 1 is 1.55 bits per heavy atom. The van der Waals surface area contributed by atoms with Gasteiger partial charge in [0.1, 0.15) is 5.56 Å². The number of nitro groups is 1. The number of benzene rings is 1. The Kier molecular flexibility index (Phi) is 4.57. The van der Waals surface area contributed by atoms with Crippen molar-refractivity contribution in [3.8, 4) is 0 Å². The number of nitrogens with one attached hydrogen (secondary N) is 2. The van der Waals surface area contributed by atoms with Crippen LogP contribution in [0.4, 0.5) is 5.69 Å². The van der Waals surface area contributed by atoms with Crippen molar-refractivity contribution < 1.29 is 9.72 Å². The molecule has 0 spiro atoms. The summed E-state index contributed by atoms with van der Waals surface area (Å²) in [5.74, 6) is -0.497. The monoisotopic (exact) mass is 297 g/mol. The molecule has 1 fully saturated rings. The normalized spacial score (nSPS) is 22.3. The molecular weight excluding hydrogens is 282 g/mol. The van der Waals surface area contributed by atoms with Crippen LogP contribution < -0.4 is 10.6 Å². The van der Waals surface area contributed by atoms with E-state index in [1.54, 1.807) is 0 Å². The van der Waals surface area contributed by atoms with E-state index in [4.69, 9.17) is 11.6 Å². The van der Waals surface area contributed by atoms with Gasteiger partial charge in [-0.15, -0.1) is 0 Å². The second-order valence-corrected chi connectivity index (χ2v) is 5.26. The molecule has 1 aliphatic heterocycles. The average molecular weight is 298 g/mol. The van der Waals surface area contributed by atoms with E-state index < -0.39 is 10.8 Å². The number of nitro benzene ring substituents is 1. The first kappa shape index (κ1) is 14.7. The molecule has 108 valence electrons. The Balaban J connectivity index is 2.23. The molecule has 0 aromatic heterocycles. The minimum atomic E-state index is -0.594. The number of rotatable bonds is 3. The van der Waals surface area contributed by atoms with Crippen LogP contribution in [-0.2, 0) is 0 Å². The predicted molar refractivity (Wildman–Crippen MR) is 76.1 cm³/mol. The largest absolute Gasteiger partial charge is 0.347 e. The Morgan fingerprint density at radius 2 is 2.30 bits per heavy atom. The Hall–Kier alpha value is -1.66. The van der Waals surface area contributed by atoms with Crippen molar-refractivity contribution in [3.05, 3.63) is 38.9 Å². The van der Waals surface area contributed by atoms with Gasteiger partial charge < -0.3 is 10.6 Å². The lowest BCUT2D eigenvalue weighted by atomic mass is 9.99. The van der Waals surface area contributed by atoms with Crippen molar-refractivity contribution in [2.24, 2.45) is 0 Å². The molecule has 0 saturated carbocycles. The van der Waals surface area contributed by atoms with E-state index in [0.29, 0.717) is 0 Å². The van der Waals surface area contributed by atoms with Gasteiger partial charge in [0.15, 0.2) is 0 Å². The third-order valence-corrected chi connectivity index (χ3v) is 3.81. The molecule has 2 unspecified atom stereocenters. The minimum absolute atomic E-state index is 0.0490. The van der Waals surface area contributed by atoms with Crippen LogP contribution in [0.25, 0.3) is 0 Å². The number of halogens is 1. The summed E-state index contributed by atoms with van der Waals surface area (Å²) >= 11 is 5.94. The molecule has 0 bridgehead atoms.